The van der Waals surface area contributed by atoms with Crippen molar-refractivity contribution in [3.63, 3.8) is 0 Å². The van der Waals surface area contributed by atoms with Crippen molar-refractivity contribution in [2.75, 3.05) is 31.5 Å². The number of benzene rings is 1. The normalized spacial score (nSPS) is 17.4. The highest BCUT2D eigenvalue weighted by molar-refractivity contribution is 5.97. The van der Waals surface area contributed by atoms with Crippen molar-refractivity contribution < 1.29 is 9.59 Å². The number of urea groups is 1. The van der Waals surface area contributed by atoms with Gasteiger partial charge in [0.2, 0.25) is 0 Å². The summed E-state index contributed by atoms with van der Waals surface area (Å²) >= 11 is 0. The molecule has 0 spiro atoms. The van der Waals surface area contributed by atoms with E-state index in [2.05, 4.69) is 16.0 Å². The Kier molecular flexibility index (Phi) is 5.63. The number of rotatable bonds is 3. The second-order valence-electron chi connectivity index (χ2n) is 5.50. The fraction of sp³-hybridized carbons (Fsp3) is 0.467. The van der Waals surface area contributed by atoms with Crippen molar-refractivity contribution >= 4 is 30.0 Å². The first-order valence-electron chi connectivity index (χ1n) is 7.40. The van der Waals surface area contributed by atoms with Gasteiger partial charge in [0.1, 0.15) is 0 Å². The van der Waals surface area contributed by atoms with E-state index >= 15 is 0 Å². The van der Waals surface area contributed by atoms with Crippen LogP contribution in [0.4, 0.5) is 10.5 Å². The first-order valence-corrected chi connectivity index (χ1v) is 7.40. The molecule has 0 unspecified atom stereocenters. The number of halogens is 1. The molecule has 3 N–H and O–H groups in total. The van der Waals surface area contributed by atoms with Crippen molar-refractivity contribution in [2.45, 2.75) is 18.9 Å². The van der Waals surface area contributed by atoms with Gasteiger partial charge in [-0.05, 0) is 31.0 Å². The number of nitrogens with one attached hydrogen (secondary N) is 3. The topological polar surface area (TPSA) is 73.5 Å². The van der Waals surface area contributed by atoms with Gasteiger partial charge in [0.25, 0.3) is 5.91 Å². The molecule has 1 aromatic carbocycles. The zero-order valence-electron chi connectivity index (χ0n) is 12.3. The van der Waals surface area contributed by atoms with Crippen LogP contribution in [0.25, 0.3) is 0 Å². The molecule has 2 fully saturated rings. The quantitative estimate of drug-likeness (QED) is 0.787. The second kappa shape index (κ2) is 7.47. The van der Waals surface area contributed by atoms with Crippen LogP contribution >= 0.6 is 12.4 Å². The van der Waals surface area contributed by atoms with Gasteiger partial charge in [-0.2, -0.15) is 0 Å². The van der Waals surface area contributed by atoms with E-state index in [-0.39, 0.29) is 24.3 Å². The van der Waals surface area contributed by atoms with E-state index in [9.17, 15) is 9.59 Å². The van der Waals surface area contributed by atoms with Crippen molar-refractivity contribution in [3.8, 4) is 0 Å². The predicted molar refractivity (Wildman–Crippen MR) is 87.6 cm³/mol. The molecule has 0 radical (unpaired) electrons. The highest BCUT2D eigenvalue weighted by Gasteiger charge is 2.23. The average molecular weight is 325 g/mol. The minimum atomic E-state index is -0.204. The van der Waals surface area contributed by atoms with E-state index < -0.39 is 0 Å². The Balaban J connectivity index is 0.00000176. The molecule has 0 atom stereocenters. The van der Waals surface area contributed by atoms with Crippen LogP contribution in [0.2, 0.25) is 0 Å². The molecule has 1 aliphatic heterocycles. The lowest BCUT2D eigenvalue weighted by Gasteiger charge is -2.27. The minimum absolute atomic E-state index is 0. The second-order valence-corrected chi connectivity index (χ2v) is 5.50. The molecule has 3 amide bonds. The maximum atomic E-state index is 12.4. The zero-order valence-corrected chi connectivity index (χ0v) is 13.1. The third kappa shape index (κ3) is 4.35. The smallest absolute Gasteiger partial charge is 0.319 e. The Morgan fingerprint density at radius 2 is 1.91 bits per heavy atom. The highest BCUT2D eigenvalue weighted by Crippen LogP contribution is 2.19. The van der Waals surface area contributed by atoms with Crippen molar-refractivity contribution in [1.82, 2.24) is 15.5 Å². The number of nitrogens with zero attached hydrogens (tertiary/aromatic N) is 1. The van der Waals surface area contributed by atoms with Gasteiger partial charge in [0.15, 0.2) is 0 Å². The number of piperazine rings is 1. The van der Waals surface area contributed by atoms with Crippen LogP contribution in [0.5, 0.6) is 0 Å². The third-order valence-corrected chi connectivity index (χ3v) is 3.68. The summed E-state index contributed by atoms with van der Waals surface area (Å²) in [7, 11) is 0. The van der Waals surface area contributed by atoms with E-state index in [1.54, 1.807) is 24.3 Å². The number of anilines is 1. The van der Waals surface area contributed by atoms with Crippen LogP contribution in [0, 0.1) is 0 Å². The van der Waals surface area contributed by atoms with Crippen LogP contribution in [0.1, 0.15) is 23.2 Å². The lowest BCUT2D eigenvalue weighted by Crippen LogP contribution is -2.46. The summed E-state index contributed by atoms with van der Waals surface area (Å²) in [6.45, 7) is 3.10. The van der Waals surface area contributed by atoms with Crippen molar-refractivity contribution in [1.29, 1.82) is 0 Å². The Morgan fingerprint density at radius 1 is 1.18 bits per heavy atom. The molecule has 7 heteroatoms. The first kappa shape index (κ1) is 16.6. The van der Waals surface area contributed by atoms with Gasteiger partial charge in [0.05, 0.1) is 0 Å². The SMILES string of the molecule is Cl.O=C(Nc1cccc(C(=O)N2CCNCC2)c1)NC1CC1. The molecule has 1 aromatic rings. The molecule has 1 saturated heterocycles. The Hall–Kier alpha value is -1.79. The summed E-state index contributed by atoms with van der Waals surface area (Å²) in [4.78, 5) is 25.9. The Bertz CT molecular complexity index is 542. The molecule has 0 aromatic heterocycles. The lowest BCUT2D eigenvalue weighted by atomic mass is 10.1. The maximum Gasteiger partial charge on any atom is 0.319 e. The summed E-state index contributed by atoms with van der Waals surface area (Å²) in [6.07, 6.45) is 2.10. The van der Waals surface area contributed by atoms with Crippen LogP contribution in [-0.4, -0.2) is 49.1 Å². The predicted octanol–water partition coefficient (Wildman–Crippen LogP) is 1.44. The fourth-order valence-electron chi connectivity index (χ4n) is 2.36. The summed E-state index contributed by atoms with van der Waals surface area (Å²) in [5, 5.41) is 8.86. The average Bonchev–Trinajstić information content (AvgIpc) is 3.31. The van der Waals surface area contributed by atoms with E-state index in [0.717, 1.165) is 39.0 Å². The number of hydrogen-bond acceptors (Lipinski definition) is 3. The molecule has 3 rings (SSSR count). The Morgan fingerprint density at radius 3 is 2.59 bits per heavy atom. The molecule has 120 valence electrons. The number of carbonyl (C=O) groups is 2. The maximum absolute atomic E-state index is 12.4. The van der Waals surface area contributed by atoms with E-state index in [1.165, 1.54) is 0 Å². The van der Waals surface area contributed by atoms with Crippen LogP contribution < -0.4 is 16.0 Å². The number of hydrogen-bond donors (Lipinski definition) is 3. The van der Waals surface area contributed by atoms with Gasteiger partial charge in [-0.15, -0.1) is 12.4 Å². The molecule has 6 nitrogen and oxygen atoms in total. The fourth-order valence-corrected chi connectivity index (χ4v) is 2.36. The van der Waals surface area contributed by atoms with Crippen LogP contribution in [-0.2, 0) is 0 Å². The van der Waals surface area contributed by atoms with Gasteiger partial charge in [-0.1, -0.05) is 6.07 Å². The van der Waals surface area contributed by atoms with Crippen molar-refractivity contribution in [2.24, 2.45) is 0 Å². The standard InChI is InChI=1S/C15H20N4O2.ClH/c20-14(19-8-6-16-7-9-19)11-2-1-3-13(10-11)18-15(21)17-12-4-5-12;/h1-3,10,12,16H,4-9H2,(H2,17,18,21);1H. The minimum Gasteiger partial charge on any atom is -0.336 e. The van der Waals surface area contributed by atoms with Crippen molar-refractivity contribution in [3.05, 3.63) is 29.8 Å². The molecule has 1 heterocycles. The molecule has 1 aliphatic carbocycles. The summed E-state index contributed by atoms with van der Waals surface area (Å²) in [5.41, 5.74) is 1.26. The van der Waals surface area contributed by atoms with Gasteiger partial charge in [-0.25, -0.2) is 4.79 Å². The van der Waals surface area contributed by atoms with E-state index in [4.69, 9.17) is 0 Å². The molecule has 22 heavy (non-hydrogen) atoms. The number of carbonyl (C=O) groups excluding carboxylic acids is 2. The summed E-state index contributed by atoms with van der Waals surface area (Å²) < 4.78 is 0. The molecule has 2 aliphatic rings. The molecular formula is C15H21ClN4O2. The third-order valence-electron chi connectivity index (χ3n) is 3.68. The molecule has 0 bridgehead atoms. The van der Waals surface area contributed by atoms with Gasteiger partial charge in [0, 0.05) is 43.5 Å². The van der Waals surface area contributed by atoms with Gasteiger partial charge < -0.3 is 20.9 Å². The first-order chi connectivity index (χ1) is 10.2. The van der Waals surface area contributed by atoms with Crippen LogP contribution in [0.3, 0.4) is 0 Å². The highest BCUT2D eigenvalue weighted by atomic mass is 35.5. The summed E-state index contributed by atoms with van der Waals surface area (Å²) in [5.74, 6) is 0.0164. The summed E-state index contributed by atoms with van der Waals surface area (Å²) in [6, 6.07) is 7.22. The monoisotopic (exact) mass is 324 g/mol. The van der Waals surface area contributed by atoms with Crippen LogP contribution in [0.15, 0.2) is 24.3 Å². The van der Waals surface area contributed by atoms with Gasteiger partial charge in [-0.3, -0.25) is 4.79 Å². The molecule has 1 saturated carbocycles. The lowest BCUT2D eigenvalue weighted by molar-refractivity contribution is 0.0736. The van der Waals surface area contributed by atoms with Gasteiger partial charge >= 0.3 is 6.03 Å². The largest absolute Gasteiger partial charge is 0.336 e. The van der Waals surface area contributed by atoms with E-state index in [1.807, 2.05) is 4.90 Å². The Labute approximate surface area is 136 Å². The van der Waals surface area contributed by atoms with E-state index in [0.29, 0.717) is 17.3 Å². The zero-order chi connectivity index (χ0) is 14.7. The molecular weight excluding hydrogens is 304 g/mol. The number of amides is 3.